The van der Waals surface area contributed by atoms with E-state index in [9.17, 15) is 0 Å². The summed E-state index contributed by atoms with van der Waals surface area (Å²) < 4.78 is 9.83. The molecule has 0 unspecified atom stereocenters. The van der Waals surface area contributed by atoms with Crippen LogP contribution in [0.15, 0.2) is 35.1 Å². The van der Waals surface area contributed by atoms with Crippen LogP contribution in [-0.4, -0.2) is 12.3 Å². The number of rotatable bonds is 3. The van der Waals surface area contributed by atoms with E-state index in [1.165, 1.54) is 0 Å². The van der Waals surface area contributed by atoms with Gasteiger partial charge in [0.1, 0.15) is 18.2 Å². The van der Waals surface area contributed by atoms with Gasteiger partial charge in [0, 0.05) is 12.0 Å². The van der Waals surface area contributed by atoms with Gasteiger partial charge >= 0.3 is 0 Å². The summed E-state index contributed by atoms with van der Waals surface area (Å²) >= 11 is 0. The maximum Gasteiger partial charge on any atom is 0.139 e. The van der Waals surface area contributed by atoms with Crippen LogP contribution in [0.3, 0.4) is 0 Å². The van der Waals surface area contributed by atoms with Crippen molar-refractivity contribution in [2.75, 3.05) is 7.11 Å². The lowest BCUT2D eigenvalue weighted by Gasteiger charge is -2.01. The number of hydrogen-bond acceptors (Lipinski definition) is 3. The molecule has 0 saturated carbocycles. The van der Waals surface area contributed by atoms with E-state index in [1.807, 2.05) is 24.3 Å². The molecule has 0 N–H and O–H groups in total. The molecule has 2 rings (SSSR count). The second-order valence-electron chi connectivity index (χ2n) is 2.98. The maximum absolute atomic E-state index is 5.12. The molecule has 3 nitrogen and oxygen atoms in total. The van der Waals surface area contributed by atoms with Gasteiger partial charge in [0.2, 0.25) is 0 Å². The molecule has 3 heteroatoms. The number of ether oxygens (including phenoxy) is 1. The van der Waals surface area contributed by atoms with Gasteiger partial charge in [-0.05, 0) is 17.7 Å². The lowest BCUT2D eigenvalue weighted by molar-refractivity contribution is 0.414. The summed E-state index contributed by atoms with van der Waals surface area (Å²) in [7, 11) is 1.66. The van der Waals surface area contributed by atoms with Crippen molar-refractivity contribution in [3.05, 3.63) is 47.9 Å². The normalized spacial score (nSPS) is 10.1. The molecule has 0 aliphatic carbocycles. The van der Waals surface area contributed by atoms with Crippen molar-refractivity contribution in [2.24, 2.45) is 0 Å². The zero-order valence-corrected chi connectivity index (χ0v) is 7.86. The Morgan fingerprint density at radius 1 is 1.50 bits per heavy atom. The SMILES string of the molecule is COc1cccc(Cc2[c]noc2)c1. The van der Waals surface area contributed by atoms with Gasteiger partial charge in [-0.15, -0.1) is 0 Å². The minimum atomic E-state index is 0.765. The van der Waals surface area contributed by atoms with Crippen molar-refractivity contribution in [2.45, 2.75) is 6.42 Å². The monoisotopic (exact) mass is 188 g/mol. The molecule has 0 amide bonds. The molecular formula is C11H10NO2. The second-order valence-corrected chi connectivity index (χ2v) is 2.98. The Labute approximate surface area is 82.3 Å². The Morgan fingerprint density at radius 2 is 2.43 bits per heavy atom. The highest BCUT2D eigenvalue weighted by Gasteiger charge is 2.00. The van der Waals surface area contributed by atoms with E-state index < -0.39 is 0 Å². The van der Waals surface area contributed by atoms with Gasteiger partial charge in [-0.25, -0.2) is 0 Å². The lowest BCUT2D eigenvalue weighted by atomic mass is 10.1. The molecule has 0 bridgehead atoms. The number of methoxy groups -OCH3 is 1. The molecule has 0 spiro atoms. The molecule has 0 saturated heterocycles. The van der Waals surface area contributed by atoms with E-state index in [0.717, 1.165) is 23.3 Å². The van der Waals surface area contributed by atoms with Crippen LogP contribution in [0.1, 0.15) is 11.1 Å². The fraction of sp³-hybridized carbons (Fsp3) is 0.182. The van der Waals surface area contributed by atoms with Crippen molar-refractivity contribution < 1.29 is 9.26 Å². The van der Waals surface area contributed by atoms with E-state index in [2.05, 4.69) is 11.4 Å². The number of benzene rings is 1. The van der Waals surface area contributed by atoms with Crippen molar-refractivity contribution in [1.29, 1.82) is 0 Å². The summed E-state index contributed by atoms with van der Waals surface area (Å²) in [6, 6.07) is 7.90. The van der Waals surface area contributed by atoms with E-state index >= 15 is 0 Å². The van der Waals surface area contributed by atoms with Gasteiger partial charge in [0.25, 0.3) is 0 Å². The molecule has 0 atom stereocenters. The minimum absolute atomic E-state index is 0.765. The topological polar surface area (TPSA) is 35.3 Å². The first kappa shape index (κ1) is 8.81. The third-order valence-corrected chi connectivity index (χ3v) is 1.97. The highest BCUT2D eigenvalue weighted by Crippen LogP contribution is 2.15. The number of nitrogens with zero attached hydrogens (tertiary/aromatic N) is 1. The Bertz CT molecular complexity index is 395. The molecule has 71 valence electrons. The van der Waals surface area contributed by atoms with Crippen LogP contribution in [0.4, 0.5) is 0 Å². The molecule has 0 fully saturated rings. The van der Waals surface area contributed by atoms with E-state index in [-0.39, 0.29) is 0 Å². The van der Waals surface area contributed by atoms with Crippen LogP contribution >= 0.6 is 0 Å². The highest BCUT2D eigenvalue weighted by atomic mass is 16.5. The van der Waals surface area contributed by atoms with Crippen LogP contribution in [-0.2, 0) is 6.42 Å². The van der Waals surface area contributed by atoms with Crippen molar-refractivity contribution >= 4 is 0 Å². The van der Waals surface area contributed by atoms with Gasteiger partial charge in [-0.1, -0.05) is 17.3 Å². The Morgan fingerprint density at radius 3 is 3.14 bits per heavy atom. The maximum atomic E-state index is 5.12. The number of hydrogen-bond donors (Lipinski definition) is 0. The smallest absolute Gasteiger partial charge is 0.139 e. The number of aromatic nitrogens is 1. The van der Waals surface area contributed by atoms with Crippen LogP contribution < -0.4 is 4.74 Å². The summed E-state index contributed by atoms with van der Waals surface area (Å²) in [6.07, 6.45) is 5.13. The average Bonchev–Trinajstić information content (AvgIpc) is 2.71. The summed E-state index contributed by atoms with van der Waals surface area (Å²) in [4.78, 5) is 0. The zero-order chi connectivity index (χ0) is 9.80. The van der Waals surface area contributed by atoms with E-state index in [4.69, 9.17) is 9.26 Å². The summed E-state index contributed by atoms with van der Waals surface area (Å²) in [5.74, 6) is 0.860. The summed E-state index contributed by atoms with van der Waals surface area (Å²) in [5, 5.41) is 3.53. The van der Waals surface area contributed by atoms with Gasteiger partial charge in [-0.3, -0.25) is 0 Å². The third kappa shape index (κ3) is 1.93. The molecule has 0 aliphatic heterocycles. The lowest BCUT2D eigenvalue weighted by Crippen LogP contribution is -1.88. The van der Waals surface area contributed by atoms with Crippen molar-refractivity contribution in [3.63, 3.8) is 0 Å². The van der Waals surface area contributed by atoms with Crippen LogP contribution in [0.2, 0.25) is 0 Å². The van der Waals surface area contributed by atoms with Gasteiger partial charge in [0.15, 0.2) is 0 Å². The predicted molar refractivity (Wildman–Crippen MR) is 51.1 cm³/mol. The van der Waals surface area contributed by atoms with Gasteiger partial charge in [-0.2, -0.15) is 0 Å². The Kier molecular flexibility index (Phi) is 2.49. The Balaban J connectivity index is 2.17. The standard InChI is InChI=1S/C11H10NO2/c1-13-11-4-2-3-9(6-11)5-10-7-12-14-8-10/h2-4,6,8H,5H2,1H3. The van der Waals surface area contributed by atoms with Crippen molar-refractivity contribution in [1.82, 2.24) is 5.16 Å². The molecule has 14 heavy (non-hydrogen) atoms. The first-order valence-electron chi connectivity index (χ1n) is 4.32. The molecule has 2 aromatic rings. The van der Waals surface area contributed by atoms with Crippen LogP contribution in [0.25, 0.3) is 0 Å². The van der Waals surface area contributed by atoms with Crippen LogP contribution in [0.5, 0.6) is 5.75 Å². The van der Waals surface area contributed by atoms with Gasteiger partial charge in [0.05, 0.1) is 7.11 Å². The second kappa shape index (κ2) is 3.96. The van der Waals surface area contributed by atoms with E-state index in [1.54, 1.807) is 13.4 Å². The third-order valence-electron chi connectivity index (χ3n) is 1.97. The first-order chi connectivity index (χ1) is 6.88. The molecule has 0 aliphatic rings. The van der Waals surface area contributed by atoms with Crippen molar-refractivity contribution in [3.8, 4) is 5.75 Å². The molecule has 1 aromatic carbocycles. The first-order valence-corrected chi connectivity index (χ1v) is 4.32. The zero-order valence-electron chi connectivity index (χ0n) is 7.86. The highest BCUT2D eigenvalue weighted by molar-refractivity contribution is 5.31. The fourth-order valence-electron chi connectivity index (χ4n) is 1.28. The minimum Gasteiger partial charge on any atom is -0.497 e. The largest absolute Gasteiger partial charge is 0.497 e. The molecule has 1 aromatic heterocycles. The van der Waals surface area contributed by atoms with Crippen LogP contribution in [0, 0.1) is 6.20 Å². The fourth-order valence-corrected chi connectivity index (χ4v) is 1.28. The average molecular weight is 188 g/mol. The molecular weight excluding hydrogens is 178 g/mol. The quantitative estimate of drug-likeness (QED) is 0.739. The molecule has 1 heterocycles. The summed E-state index contributed by atoms with van der Waals surface area (Å²) in [6.45, 7) is 0. The van der Waals surface area contributed by atoms with Gasteiger partial charge < -0.3 is 9.26 Å². The van der Waals surface area contributed by atoms with E-state index in [0.29, 0.717) is 0 Å². The summed E-state index contributed by atoms with van der Waals surface area (Å²) in [5.41, 5.74) is 2.10. The Hall–Kier alpha value is -1.77. The predicted octanol–water partition coefficient (Wildman–Crippen LogP) is 2.07. The molecule has 1 radical (unpaired) electrons.